The molecule has 0 saturated carbocycles. The molecule has 0 radical (unpaired) electrons. The Labute approximate surface area is 232 Å². The zero-order valence-corrected chi connectivity index (χ0v) is 23.6. The second kappa shape index (κ2) is 14.0. The normalized spacial score (nSPS) is 23.8. The van der Waals surface area contributed by atoms with Crippen LogP contribution < -0.4 is 4.52 Å². The third-order valence-corrected chi connectivity index (χ3v) is 7.08. The average molecular weight is 585 g/mol. The summed E-state index contributed by atoms with van der Waals surface area (Å²) in [5.74, 6) is -2.15. The number of hydrogen-bond acceptors (Lipinski definition) is 8. The van der Waals surface area contributed by atoms with Crippen molar-refractivity contribution in [3.05, 3.63) is 46.5 Å². The second-order valence-electron chi connectivity index (χ2n) is 9.61. The first-order valence-corrected chi connectivity index (χ1v) is 14.7. The highest BCUT2D eigenvalue weighted by Gasteiger charge is 2.30. The van der Waals surface area contributed by atoms with E-state index in [9.17, 15) is 29.0 Å². The Morgan fingerprint density at radius 3 is 2.62 bits per heavy atom. The molecule has 0 bridgehead atoms. The van der Waals surface area contributed by atoms with Crippen LogP contribution in [0.1, 0.15) is 61.9 Å². The van der Waals surface area contributed by atoms with Crippen molar-refractivity contribution in [3.63, 3.8) is 0 Å². The minimum Gasteiger partial charge on any atom is -0.506 e. The maximum atomic E-state index is 13.2. The lowest BCUT2D eigenvalue weighted by Crippen LogP contribution is -2.37. The maximum Gasteiger partial charge on any atom is 0.524 e. The number of cyclic esters (lactones) is 1. The summed E-state index contributed by atoms with van der Waals surface area (Å²) in [6.07, 6.45) is 10.6. The fourth-order valence-corrected chi connectivity index (χ4v) is 4.88. The summed E-state index contributed by atoms with van der Waals surface area (Å²) in [5.41, 5.74) is -0.161. The molecule has 3 rings (SSSR count). The summed E-state index contributed by atoms with van der Waals surface area (Å²) in [5, 5.41) is 14.3. The Morgan fingerprint density at radius 1 is 1.21 bits per heavy atom. The molecule has 1 aromatic rings. The molecule has 2 atom stereocenters. The number of allylic oxidation sites excluding steroid dienone is 3. The van der Waals surface area contributed by atoms with E-state index in [4.69, 9.17) is 25.7 Å². The predicted octanol–water partition coefficient (Wildman–Crippen LogP) is 4.53. The summed E-state index contributed by atoms with van der Waals surface area (Å²) in [4.78, 5) is 51.7. The van der Waals surface area contributed by atoms with Crippen molar-refractivity contribution in [2.24, 2.45) is 11.1 Å². The fourth-order valence-electron chi connectivity index (χ4n) is 4.26. The molecular formula is C26H34ClN2O9P. The van der Waals surface area contributed by atoms with Crippen LogP contribution in [-0.2, 0) is 25.4 Å². The van der Waals surface area contributed by atoms with Gasteiger partial charge in [-0.2, -0.15) is 0 Å². The zero-order valence-electron chi connectivity index (χ0n) is 21.9. The number of nitrogens with zero attached hydrogens (tertiary/aromatic N) is 2. The number of likely N-dealkylation sites (tertiary alicyclic amines) is 1. The van der Waals surface area contributed by atoms with Crippen LogP contribution in [0.15, 0.2) is 35.5 Å². The summed E-state index contributed by atoms with van der Waals surface area (Å²) in [7, 11) is -5.13. The molecule has 0 unspecified atom stereocenters. The third kappa shape index (κ3) is 9.39. The molecule has 3 N–H and O–H groups in total. The van der Waals surface area contributed by atoms with Crippen molar-refractivity contribution in [2.75, 3.05) is 19.7 Å². The molecule has 2 aliphatic heterocycles. The Hall–Kier alpha value is -2.85. The van der Waals surface area contributed by atoms with Gasteiger partial charge in [0.05, 0.1) is 10.7 Å². The van der Waals surface area contributed by atoms with E-state index in [1.54, 1.807) is 17.9 Å². The van der Waals surface area contributed by atoms with Crippen LogP contribution in [0.2, 0.25) is 5.02 Å². The van der Waals surface area contributed by atoms with Crippen LogP contribution in [0.25, 0.3) is 0 Å². The first-order valence-electron chi connectivity index (χ1n) is 12.7. The van der Waals surface area contributed by atoms with Gasteiger partial charge in [-0.25, -0.2) is 9.36 Å². The van der Waals surface area contributed by atoms with Crippen molar-refractivity contribution in [1.82, 2.24) is 4.90 Å². The molecule has 1 aromatic carbocycles. The number of rotatable bonds is 5. The standard InChI is InChI=1S/C26H34ClN2O9P/c1-17-8-6-10-18(2)37-26(32)24-20(25(27)21(30)15-22(24)38-39(33,34)35)14-19(11-7-9-17)28-36-16-23(31)29-12-4-3-5-13-29/h6-8,11,15,17-18,30H,3-5,9-10,12-14,16H2,1-2H3,(H2,33,34,35)/b8-6+,11-7+,28-19-/t17-,18+/m0/s1. The summed E-state index contributed by atoms with van der Waals surface area (Å²) in [6.45, 7) is 4.72. The lowest BCUT2D eigenvalue weighted by molar-refractivity contribution is -0.137. The van der Waals surface area contributed by atoms with E-state index in [2.05, 4.69) is 5.16 Å². The van der Waals surface area contributed by atoms with Crippen molar-refractivity contribution in [2.45, 2.75) is 58.5 Å². The Balaban J connectivity index is 2.02. The van der Waals surface area contributed by atoms with Crippen molar-refractivity contribution < 1.29 is 43.1 Å². The number of fused-ring (bicyclic) bond motifs is 1. The number of phosphoric ester groups is 1. The van der Waals surface area contributed by atoms with Crippen LogP contribution in [0.3, 0.4) is 0 Å². The van der Waals surface area contributed by atoms with E-state index in [0.717, 1.165) is 25.3 Å². The van der Waals surface area contributed by atoms with E-state index in [-0.39, 0.29) is 46.7 Å². The highest BCUT2D eigenvalue weighted by molar-refractivity contribution is 7.46. The van der Waals surface area contributed by atoms with Gasteiger partial charge in [0.2, 0.25) is 0 Å². The number of oxime groups is 1. The third-order valence-electron chi connectivity index (χ3n) is 6.22. The molecule has 0 aliphatic carbocycles. The van der Waals surface area contributed by atoms with Crippen molar-refractivity contribution in [1.29, 1.82) is 0 Å². The zero-order chi connectivity index (χ0) is 28.6. The molecule has 1 fully saturated rings. The molecule has 0 aromatic heterocycles. The van der Waals surface area contributed by atoms with Crippen molar-refractivity contribution in [3.8, 4) is 11.5 Å². The average Bonchev–Trinajstić information content (AvgIpc) is 2.85. The summed E-state index contributed by atoms with van der Waals surface area (Å²) < 4.78 is 21.9. The number of phosphoric acid groups is 1. The molecule has 1 saturated heterocycles. The quantitative estimate of drug-likeness (QED) is 0.196. The Morgan fingerprint density at radius 2 is 1.92 bits per heavy atom. The molecule has 2 aliphatic rings. The molecule has 13 heteroatoms. The molecule has 0 spiro atoms. The largest absolute Gasteiger partial charge is 0.524 e. The van der Waals surface area contributed by atoms with Gasteiger partial charge in [-0.1, -0.05) is 41.9 Å². The van der Waals surface area contributed by atoms with Crippen LogP contribution in [0, 0.1) is 5.92 Å². The number of piperidine rings is 1. The number of carbonyl (C=O) groups is 2. The van der Waals surface area contributed by atoms with Crippen LogP contribution >= 0.6 is 19.4 Å². The van der Waals surface area contributed by atoms with E-state index in [0.29, 0.717) is 25.9 Å². The van der Waals surface area contributed by atoms with Crippen LogP contribution in [0.4, 0.5) is 0 Å². The lowest BCUT2D eigenvalue weighted by Gasteiger charge is -2.26. The van der Waals surface area contributed by atoms with E-state index < -0.39 is 31.4 Å². The first kappa shape index (κ1) is 30.7. The topological polar surface area (TPSA) is 155 Å². The number of hydrogen-bond donors (Lipinski definition) is 3. The SMILES string of the molecule is C[C@@H]1C/C=C/[C@H](C)C/C=C/C(=N/OCC(=O)N2CCCCC2)Cc2c(Cl)c(O)cc(OP(=O)(O)O)c2C(=O)O1. The number of phenolic OH excluding ortho intramolecular Hbond substituents is 1. The lowest BCUT2D eigenvalue weighted by atomic mass is 9.98. The number of aromatic hydroxyl groups is 1. The minimum absolute atomic E-state index is 0.0349. The monoisotopic (exact) mass is 584 g/mol. The van der Waals surface area contributed by atoms with Gasteiger partial charge in [-0.05, 0) is 50.2 Å². The molecular weight excluding hydrogens is 551 g/mol. The van der Waals surface area contributed by atoms with Crippen molar-refractivity contribution >= 4 is 37.0 Å². The first-order chi connectivity index (χ1) is 18.4. The van der Waals surface area contributed by atoms with Gasteiger partial charge in [0.25, 0.3) is 5.91 Å². The van der Waals surface area contributed by atoms with Gasteiger partial charge in [0, 0.05) is 32.0 Å². The van der Waals surface area contributed by atoms with Crippen LogP contribution in [-0.4, -0.2) is 63.2 Å². The summed E-state index contributed by atoms with van der Waals surface area (Å²) in [6, 6.07) is 0.845. The molecule has 214 valence electrons. The fraction of sp³-hybridized carbons (Fsp3) is 0.500. The van der Waals surface area contributed by atoms with E-state index in [1.807, 2.05) is 25.2 Å². The van der Waals surface area contributed by atoms with Crippen LogP contribution in [0.5, 0.6) is 11.5 Å². The number of amides is 1. The highest BCUT2D eigenvalue weighted by atomic mass is 35.5. The number of benzene rings is 1. The van der Waals surface area contributed by atoms with Gasteiger partial charge >= 0.3 is 13.8 Å². The Bertz CT molecular complexity index is 1190. The van der Waals surface area contributed by atoms with E-state index in [1.165, 1.54) is 0 Å². The van der Waals surface area contributed by atoms with E-state index >= 15 is 0 Å². The number of esters is 1. The number of carbonyl (C=O) groups excluding carboxylic acids is 2. The summed E-state index contributed by atoms with van der Waals surface area (Å²) >= 11 is 6.38. The highest BCUT2D eigenvalue weighted by Crippen LogP contribution is 2.45. The molecule has 11 nitrogen and oxygen atoms in total. The van der Waals surface area contributed by atoms with Gasteiger partial charge < -0.3 is 24.1 Å². The molecule has 1 amide bonds. The maximum absolute atomic E-state index is 13.2. The van der Waals surface area contributed by atoms with Gasteiger partial charge in [-0.15, -0.1) is 0 Å². The minimum atomic E-state index is -5.13. The predicted molar refractivity (Wildman–Crippen MR) is 145 cm³/mol. The van der Waals surface area contributed by atoms with Gasteiger partial charge in [0.15, 0.2) is 6.61 Å². The molecule has 39 heavy (non-hydrogen) atoms. The second-order valence-corrected chi connectivity index (χ2v) is 11.2. The number of halogens is 1. The molecule has 2 heterocycles. The smallest absolute Gasteiger partial charge is 0.506 e. The van der Waals surface area contributed by atoms with Gasteiger partial charge in [0.1, 0.15) is 23.2 Å². The Kier molecular flexibility index (Phi) is 11.0. The van der Waals surface area contributed by atoms with Gasteiger partial charge in [-0.3, -0.25) is 14.6 Å². The number of ether oxygens (including phenoxy) is 1. The number of phenols is 1.